The molecule has 1 saturated heterocycles. The number of H-pyrrole nitrogens is 1. The monoisotopic (exact) mass is 477 g/mol. The molecule has 0 radical (unpaired) electrons. The van der Waals surface area contributed by atoms with Crippen molar-refractivity contribution < 1.29 is 14.3 Å². The fourth-order valence-electron chi connectivity index (χ4n) is 3.03. The van der Waals surface area contributed by atoms with Gasteiger partial charge < -0.3 is 19.4 Å². The minimum absolute atomic E-state index is 0.0525. The highest BCUT2D eigenvalue weighted by atomic mass is 32.4. The van der Waals surface area contributed by atoms with E-state index in [0.29, 0.717) is 18.0 Å². The molecule has 13 heteroatoms. The summed E-state index contributed by atoms with van der Waals surface area (Å²) in [5.41, 5.74) is 0.386. The van der Waals surface area contributed by atoms with Crippen molar-refractivity contribution in [2.45, 2.75) is 63.8 Å². The smallest absolute Gasteiger partial charge is 0.280 e. The van der Waals surface area contributed by atoms with E-state index in [4.69, 9.17) is 9.16 Å². The number of fused-ring (bicyclic) bond motifs is 1. The van der Waals surface area contributed by atoms with Crippen molar-refractivity contribution in [1.82, 2.24) is 19.5 Å². The molecule has 3 N–H and O–H groups in total. The normalized spacial score (nSPS) is 23.3. The van der Waals surface area contributed by atoms with Gasteiger partial charge in [0.2, 0.25) is 5.95 Å². The zero-order chi connectivity index (χ0) is 21.6. The molecule has 1 aliphatic heterocycles. The number of aliphatic hydroxyl groups is 1. The summed E-state index contributed by atoms with van der Waals surface area (Å²) in [6, 6.07) is 0. The Labute approximate surface area is 176 Å². The number of aromatic amines is 1. The van der Waals surface area contributed by atoms with Crippen molar-refractivity contribution in [3.05, 3.63) is 16.7 Å². The van der Waals surface area contributed by atoms with Crippen LogP contribution in [0.4, 0.5) is 5.95 Å². The SMILES string of the molecule is CC(C)(C)[Si](C)(C)OC1C[C@H](n2cnc3c(=O)[nH]c(NP(P)P)nc32)O[C@@H]1CO. The quantitative estimate of drug-likeness (QED) is 0.433. The highest BCUT2D eigenvalue weighted by molar-refractivity contribution is 8.43. The minimum atomic E-state index is -2.03. The summed E-state index contributed by atoms with van der Waals surface area (Å²) in [6.45, 7) is 10.8. The maximum atomic E-state index is 12.4. The number of anilines is 1. The Kier molecular flexibility index (Phi) is 6.87. The summed E-state index contributed by atoms with van der Waals surface area (Å²) in [7, 11) is 2.57. The number of imidazole rings is 1. The van der Waals surface area contributed by atoms with Crippen LogP contribution in [0.5, 0.6) is 0 Å². The van der Waals surface area contributed by atoms with E-state index in [1.165, 1.54) is 0 Å². The standard InChI is InChI=1S/C16H30N5O4P3Si/c1-16(2,3)29(4,5)25-9-6-11(24-10(9)7-22)21-8-17-12-13(21)18-15(19-14(12)23)20-28(26)27/h8-11,22H,6-7,26-27H2,1-5H3,(H2,18,19,20,23)/t9?,10-,11-/m1/s1. The summed E-state index contributed by atoms with van der Waals surface area (Å²) in [4.78, 5) is 23.8. The van der Waals surface area contributed by atoms with Gasteiger partial charge in [-0.2, -0.15) is 4.98 Å². The lowest BCUT2D eigenvalue weighted by atomic mass is 10.2. The predicted molar refractivity (Wildman–Crippen MR) is 126 cm³/mol. The van der Waals surface area contributed by atoms with Crippen molar-refractivity contribution >= 4 is 50.7 Å². The minimum Gasteiger partial charge on any atom is -0.411 e. The van der Waals surface area contributed by atoms with Crippen LogP contribution in [0.3, 0.4) is 0 Å². The number of aliphatic hydroxyl groups excluding tert-OH is 1. The fourth-order valence-corrected chi connectivity index (χ4v) is 5.47. The van der Waals surface area contributed by atoms with Crippen LogP contribution in [-0.4, -0.2) is 51.8 Å². The maximum absolute atomic E-state index is 12.4. The van der Waals surface area contributed by atoms with Gasteiger partial charge in [0.1, 0.15) is 12.3 Å². The molecule has 9 nitrogen and oxygen atoms in total. The van der Waals surface area contributed by atoms with Crippen molar-refractivity contribution in [2.75, 3.05) is 11.7 Å². The molecule has 162 valence electrons. The fraction of sp³-hybridized carbons (Fsp3) is 0.688. The maximum Gasteiger partial charge on any atom is 0.280 e. The average molecular weight is 477 g/mol. The summed E-state index contributed by atoms with van der Waals surface area (Å²) < 4.78 is 14.4. The molecule has 2 aromatic rings. The molecule has 0 aromatic carbocycles. The van der Waals surface area contributed by atoms with Gasteiger partial charge in [-0.05, 0) is 18.1 Å². The third-order valence-corrected chi connectivity index (χ3v) is 11.3. The first-order chi connectivity index (χ1) is 13.4. The molecule has 0 bridgehead atoms. The second kappa shape index (κ2) is 8.58. The number of hydrogen-bond acceptors (Lipinski definition) is 7. The average Bonchev–Trinajstić information content (AvgIpc) is 3.16. The Morgan fingerprint density at radius 1 is 1.48 bits per heavy atom. The highest BCUT2D eigenvalue weighted by Crippen LogP contribution is 2.51. The molecule has 5 atom stereocenters. The van der Waals surface area contributed by atoms with Gasteiger partial charge in [-0.25, -0.2) is 4.98 Å². The molecule has 0 aliphatic carbocycles. The van der Waals surface area contributed by atoms with Crippen LogP contribution in [-0.2, 0) is 9.16 Å². The zero-order valence-corrected chi connectivity index (χ0v) is 21.5. The third-order valence-electron chi connectivity index (χ3n) is 5.59. The number of aromatic nitrogens is 4. The Balaban J connectivity index is 1.90. The van der Waals surface area contributed by atoms with Gasteiger partial charge in [0.15, 0.2) is 19.5 Å². The van der Waals surface area contributed by atoms with Crippen LogP contribution in [0.2, 0.25) is 18.1 Å². The number of nitrogens with zero attached hydrogens (tertiary/aromatic N) is 3. The molecule has 3 rings (SSSR count). The summed E-state index contributed by atoms with van der Waals surface area (Å²) in [5, 5.41) is 13.0. The van der Waals surface area contributed by atoms with Crippen molar-refractivity contribution in [3.8, 4) is 0 Å². The summed E-state index contributed by atoms with van der Waals surface area (Å²) >= 11 is 0. The van der Waals surface area contributed by atoms with Crippen LogP contribution in [0.1, 0.15) is 33.4 Å². The Hall–Kier alpha value is -0.463. The number of nitrogens with one attached hydrogen (secondary N) is 2. The summed E-state index contributed by atoms with van der Waals surface area (Å²) in [5.74, 6) is 0.381. The van der Waals surface area contributed by atoms with Gasteiger partial charge in [-0.15, -0.1) is 0 Å². The molecule has 29 heavy (non-hydrogen) atoms. The van der Waals surface area contributed by atoms with Crippen LogP contribution in [0.15, 0.2) is 11.1 Å². The molecule has 3 unspecified atom stereocenters. The van der Waals surface area contributed by atoms with E-state index >= 15 is 0 Å². The van der Waals surface area contributed by atoms with E-state index in [2.05, 4.69) is 71.8 Å². The van der Waals surface area contributed by atoms with Crippen LogP contribution in [0, 0.1) is 0 Å². The van der Waals surface area contributed by atoms with Crippen molar-refractivity contribution in [2.24, 2.45) is 0 Å². The first kappa shape index (κ1) is 23.2. The first-order valence-electron chi connectivity index (χ1n) is 9.40. The zero-order valence-electron chi connectivity index (χ0n) is 17.3. The Morgan fingerprint density at radius 2 is 2.17 bits per heavy atom. The number of ether oxygens (including phenoxy) is 1. The largest absolute Gasteiger partial charge is 0.411 e. The molecular weight excluding hydrogens is 447 g/mol. The second-order valence-electron chi connectivity index (χ2n) is 8.72. The van der Waals surface area contributed by atoms with Gasteiger partial charge in [-0.1, -0.05) is 38.6 Å². The lowest BCUT2D eigenvalue weighted by Crippen LogP contribution is -2.46. The van der Waals surface area contributed by atoms with E-state index in [1.54, 1.807) is 10.9 Å². The first-order valence-corrected chi connectivity index (χ1v) is 16.9. The van der Waals surface area contributed by atoms with E-state index in [9.17, 15) is 9.90 Å². The predicted octanol–water partition coefficient (Wildman–Crippen LogP) is 3.18. The van der Waals surface area contributed by atoms with Crippen LogP contribution >= 0.6 is 25.3 Å². The van der Waals surface area contributed by atoms with Gasteiger partial charge in [0, 0.05) is 13.9 Å². The second-order valence-corrected chi connectivity index (χ2v) is 19.6. The summed E-state index contributed by atoms with van der Waals surface area (Å²) in [6.07, 6.45) is 1.05. The highest BCUT2D eigenvalue weighted by Gasteiger charge is 2.45. The lowest BCUT2D eigenvalue weighted by Gasteiger charge is -2.39. The lowest BCUT2D eigenvalue weighted by molar-refractivity contribution is -0.0410. The Bertz CT molecular complexity index is 929. The molecule has 1 aliphatic rings. The molecule has 1 fully saturated rings. The van der Waals surface area contributed by atoms with Gasteiger partial charge in [0.05, 0.1) is 19.0 Å². The number of rotatable bonds is 6. The molecule has 3 heterocycles. The Morgan fingerprint density at radius 3 is 2.76 bits per heavy atom. The van der Waals surface area contributed by atoms with E-state index in [0.717, 1.165) is 0 Å². The number of hydrogen-bond donors (Lipinski definition) is 3. The van der Waals surface area contributed by atoms with Crippen LogP contribution in [0.25, 0.3) is 11.2 Å². The third kappa shape index (κ3) is 4.90. The van der Waals surface area contributed by atoms with Crippen LogP contribution < -0.4 is 10.6 Å². The molecule has 2 aromatic heterocycles. The van der Waals surface area contributed by atoms with Gasteiger partial charge >= 0.3 is 0 Å². The van der Waals surface area contributed by atoms with Crippen molar-refractivity contribution in [1.29, 1.82) is 0 Å². The topological polar surface area (TPSA) is 114 Å². The van der Waals surface area contributed by atoms with E-state index in [-0.39, 0.29) is 28.8 Å². The molecular formula is C16H30N5O4P3Si. The molecule has 0 amide bonds. The molecule has 0 saturated carbocycles. The van der Waals surface area contributed by atoms with Crippen molar-refractivity contribution in [3.63, 3.8) is 0 Å². The van der Waals surface area contributed by atoms with E-state index < -0.39 is 28.1 Å². The van der Waals surface area contributed by atoms with Gasteiger partial charge in [0.25, 0.3) is 5.56 Å². The van der Waals surface area contributed by atoms with E-state index in [1.807, 2.05) is 0 Å². The molecule has 0 spiro atoms. The van der Waals surface area contributed by atoms with Gasteiger partial charge in [-0.3, -0.25) is 14.3 Å².